The quantitative estimate of drug-likeness (QED) is 0.307. The lowest BCUT2D eigenvalue weighted by molar-refractivity contribution is 0.239. The fraction of sp³-hybridized carbons (Fsp3) is 0.500. The van der Waals surface area contributed by atoms with E-state index in [0.29, 0.717) is 6.54 Å². The average molecular weight is 442 g/mol. The van der Waals surface area contributed by atoms with Gasteiger partial charge in [0.1, 0.15) is 5.75 Å². The highest BCUT2D eigenvalue weighted by Gasteiger charge is 2.25. The lowest BCUT2D eigenvalue weighted by Crippen LogP contribution is -2.42. The molecule has 2 rings (SSSR count). The first-order valence-electron chi connectivity index (χ1n) is 8.05. The van der Waals surface area contributed by atoms with Crippen molar-refractivity contribution in [1.82, 2.24) is 15.5 Å². The fourth-order valence-corrected chi connectivity index (χ4v) is 2.98. The summed E-state index contributed by atoms with van der Waals surface area (Å²) in [7, 11) is 3.47. The maximum atomic E-state index is 5.56. The van der Waals surface area contributed by atoms with E-state index in [1.54, 1.807) is 14.2 Å². The molecule has 1 fully saturated rings. The highest BCUT2D eigenvalue weighted by atomic mass is 127. The van der Waals surface area contributed by atoms with Crippen LogP contribution in [0, 0.1) is 12.3 Å². The number of ether oxygens (including phenoxy) is 1. The Hall–Kier alpha value is -1.46. The third kappa shape index (κ3) is 5.56. The van der Waals surface area contributed by atoms with Gasteiger partial charge in [-0.25, -0.2) is 0 Å². The predicted octanol–water partition coefficient (Wildman–Crippen LogP) is 2.25. The molecule has 0 aliphatic carbocycles. The van der Waals surface area contributed by atoms with E-state index in [1.165, 1.54) is 18.4 Å². The van der Waals surface area contributed by atoms with Crippen LogP contribution in [0.1, 0.15) is 24.4 Å². The molecule has 1 heterocycles. The van der Waals surface area contributed by atoms with Crippen molar-refractivity contribution in [3.8, 4) is 18.1 Å². The summed E-state index contributed by atoms with van der Waals surface area (Å²) in [5, 5.41) is 6.48. The van der Waals surface area contributed by atoms with Gasteiger partial charge < -0.3 is 15.4 Å². The van der Waals surface area contributed by atoms with Crippen molar-refractivity contribution in [2.75, 3.05) is 40.3 Å². The van der Waals surface area contributed by atoms with Gasteiger partial charge in [-0.1, -0.05) is 24.1 Å². The second-order valence-corrected chi connectivity index (χ2v) is 5.51. The first-order valence-corrected chi connectivity index (χ1v) is 8.05. The van der Waals surface area contributed by atoms with Gasteiger partial charge >= 0.3 is 0 Å². The normalized spacial score (nSPS) is 16.0. The van der Waals surface area contributed by atoms with Crippen LogP contribution in [0.25, 0.3) is 0 Å². The van der Waals surface area contributed by atoms with Crippen LogP contribution >= 0.6 is 24.0 Å². The number of para-hydroxylation sites is 1. The Labute approximate surface area is 162 Å². The van der Waals surface area contributed by atoms with Crippen LogP contribution in [0.5, 0.6) is 5.75 Å². The smallest absolute Gasteiger partial charge is 0.191 e. The Balaban J connectivity index is 0.00000288. The van der Waals surface area contributed by atoms with E-state index >= 15 is 0 Å². The zero-order valence-corrected chi connectivity index (χ0v) is 16.7. The summed E-state index contributed by atoms with van der Waals surface area (Å²) in [5.74, 6) is 4.22. The molecule has 24 heavy (non-hydrogen) atoms. The largest absolute Gasteiger partial charge is 0.496 e. The van der Waals surface area contributed by atoms with E-state index in [9.17, 15) is 0 Å². The van der Waals surface area contributed by atoms with E-state index < -0.39 is 0 Å². The number of nitrogens with one attached hydrogen (secondary N) is 2. The van der Waals surface area contributed by atoms with E-state index in [4.69, 9.17) is 11.2 Å². The Morgan fingerprint density at radius 3 is 2.67 bits per heavy atom. The molecule has 2 N–H and O–H groups in total. The molecule has 0 radical (unpaired) electrons. The summed E-state index contributed by atoms with van der Waals surface area (Å²) >= 11 is 0. The van der Waals surface area contributed by atoms with Gasteiger partial charge in [0.2, 0.25) is 0 Å². The number of rotatable bonds is 6. The average Bonchev–Trinajstić information content (AvgIpc) is 3.12. The number of likely N-dealkylation sites (tertiary alicyclic amines) is 1. The van der Waals surface area contributed by atoms with E-state index in [1.807, 2.05) is 12.1 Å². The lowest BCUT2D eigenvalue weighted by Gasteiger charge is -2.29. The zero-order valence-electron chi connectivity index (χ0n) is 14.4. The molecule has 1 saturated heterocycles. The van der Waals surface area contributed by atoms with Crippen LogP contribution in [0.15, 0.2) is 29.3 Å². The number of hydrogen-bond donors (Lipinski definition) is 2. The molecule has 0 bridgehead atoms. The van der Waals surface area contributed by atoms with Gasteiger partial charge in [0.25, 0.3) is 0 Å². The summed E-state index contributed by atoms with van der Waals surface area (Å²) in [6.07, 6.45) is 7.79. The zero-order chi connectivity index (χ0) is 16.5. The number of nitrogens with zero attached hydrogens (tertiary/aromatic N) is 2. The summed E-state index contributed by atoms with van der Waals surface area (Å²) in [5.41, 5.74) is 1.21. The van der Waals surface area contributed by atoms with Gasteiger partial charge in [-0.3, -0.25) is 9.89 Å². The molecule has 1 aromatic rings. The van der Waals surface area contributed by atoms with Gasteiger partial charge in [0, 0.05) is 19.2 Å². The molecule has 1 aliphatic rings. The Morgan fingerprint density at radius 1 is 1.33 bits per heavy atom. The minimum atomic E-state index is 0. The Morgan fingerprint density at radius 2 is 2.04 bits per heavy atom. The number of terminal acetylenes is 1. The third-order valence-electron chi connectivity index (χ3n) is 4.12. The van der Waals surface area contributed by atoms with Crippen LogP contribution in [-0.2, 0) is 0 Å². The Bertz CT molecular complexity index is 564. The van der Waals surface area contributed by atoms with Crippen molar-refractivity contribution in [3.05, 3.63) is 29.8 Å². The summed E-state index contributed by atoms with van der Waals surface area (Å²) in [6, 6.07) is 8.47. The van der Waals surface area contributed by atoms with Crippen LogP contribution in [0.3, 0.4) is 0 Å². The van der Waals surface area contributed by atoms with Crippen molar-refractivity contribution in [2.24, 2.45) is 4.99 Å². The molecule has 0 aromatic heterocycles. The molecule has 0 saturated carbocycles. The first kappa shape index (κ1) is 20.6. The molecule has 0 amide bonds. The van der Waals surface area contributed by atoms with Crippen LogP contribution < -0.4 is 15.4 Å². The molecular weight excluding hydrogens is 415 g/mol. The van der Waals surface area contributed by atoms with Crippen LogP contribution in [0.2, 0.25) is 0 Å². The van der Waals surface area contributed by atoms with E-state index in [2.05, 4.69) is 38.6 Å². The summed E-state index contributed by atoms with van der Waals surface area (Å²) in [4.78, 5) is 6.71. The predicted molar refractivity (Wildman–Crippen MR) is 110 cm³/mol. The molecule has 1 unspecified atom stereocenters. The van der Waals surface area contributed by atoms with Gasteiger partial charge in [-0.2, -0.15) is 0 Å². The van der Waals surface area contributed by atoms with Crippen molar-refractivity contribution in [2.45, 2.75) is 18.9 Å². The second kappa shape index (κ2) is 11.2. The van der Waals surface area contributed by atoms with Crippen molar-refractivity contribution >= 4 is 29.9 Å². The number of methoxy groups -OCH3 is 1. The second-order valence-electron chi connectivity index (χ2n) is 5.51. The highest BCUT2D eigenvalue weighted by Crippen LogP contribution is 2.31. The van der Waals surface area contributed by atoms with Crippen LogP contribution in [-0.4, -0.2) is 51.2 Å². The maximum Gasteiger partial charge on any atom is 0.191 e. The number of guanidine groups is 1. The van der Waals surface area contributed by atoms with Gasteiger partial charge in [0.05, 0.1) is 19.7 Å². The monoisotopic (exact) mass is 442 g/mol. The molecule has 132 valence electrons. The first-order chi connectivity index (χ1) is 11.3. The van der Waals surface area contributed by atoms with Crippen LogP contribution in [0.4, 0.5) is 0 Å². The highest BCUT2D eigenvalue weighted by molar-refractivity contribution is 14.0. The fourth-order valence-electron chi connectivity index (χ4n) is 2.98. The van der Waals surface area contributed by atoms with Crippen molar-refractivity contribution < 1.29 is 4.74 Å². The SMILES string of the molecule is C#CCNC(=NC)NCC(c1ccccc1OC)N1CCCC1.I. The maximum absolute atomic E-state index is 5.56. The summed E-state index contributed by atoms with van der Waals surface area (Å²) in [6.45, 7) is 3.44. The minimum Gasteiger partial charge on any atom is -0.496 e. The minimum absolute atomic E-state index is 0. The number of benzene rings is 1. The molecule has 0 spiro atoms. The molecule has 5 nitrogen and oxygen atoms in total. The number of halogens is 1. The van der Waals surface area contributed by atoms with Crippen molar-refractivity contribution in [1.29, 1.82) is 0 Å². The molecule has 1 atom stereocenters. The lowest BCUT2D eigenvalue weighted by atomic mass is 10.0. The van der Waals surface area contributed by atoms with Gasteiger partial charge in [-0.15, -0.1) is 30.4 Å². The topological polar surface area (TPSA) is 48.9 Å². The molecule has 1 aromatic carbocycles. The van der Waals surface area contributed by atoms with Crippen molar-refractivity contribution in [3.63, 3.8) is 0 Å². The molecular formula is C18H27IN4O. The Kier molecular flexibility index (Phi) is 9.57. The number of aliphatic imine (C=N–C) groups is 1. The van der Waals surface area contributed by atoms with E-state index in [0.717, 1.165) is 31.3 Å². The third-order valence-corrected chi connectivity index (χ3v) is 4.12. The van der Waals surface area contributed by atoms with Gasteiger partial charge in [-0.05, 0) is 32.0 Å². The van der Waals surface area contributed by atoms with Gasteiger partial charge in [0.15, 0.2) is 5.96 Å². The molecule has 1 aliphatic heterocycles. The molecule has 6 heteroatoms. The standard InChI is InChI=1S/C18H26N4O.HI/c1-4-11-20-18(19-2)21-14-16(22-12-7-8-13-22)15-9-5-6-10-17(15)23-3;/h1,5-6,9-10,16H,7-8,11-14H2,2-3H3,(H2,19,20,21);1H. The van der Waals surface area contributed by atoms with E-state index in [-0.39, 0.29) is 30.0 Å². The summed E-state index contributed by atoms with van der Waals surface area (Å²) < 4.78 is 5.56. The number of hydrogen-bond acceptors (Lipinski definition) is 3.